The molecule has 0 saturated carbocycles. The molecule has 1 heterocycles. The maximum Gasteiger partial charge on any atom is 0.410 e. The number of Topliss-reactive ketones (excluding diaryl/α,β-unsaturated/α-hetero) is 1. The van der Waals surface area contributed by atoms with Gasteiger partial charge in [0.25, 0.3) is 0 Å². The number of likely N-dealkylation sites (tertiary alicyclic amines) is 1. The molecule has 2 aliphatic rings. The van der Waals surface area contributed by atoms with E-state index in [9.17, 15) is 9.59 Å². The Morgan fingerprint density at radius 1 is 1.04 bits per heavy atom. The van der Waals surface area contributed by atoms with Crippen LogP contribution in [0.2, 0.25) is 0 Å². The number of hydrogen-bond acceptors (Lipinski definition) is 4. The van der Waals surface area contributed by atoms with Gasteiger partial charge in [-0.3, -0.25) is 9.69 Å². The average Bonchev–Trinajstić information content (AvgIpc) is 3.30. The van der Waals surface area contributed by atoms with Crippen LogP contribution in [0.25, 0.3) is 11.1 Å². The summed E-state index contributed by atoms with van der Waals surface area (Å²) in [6.07, 6.45) is 1.07. The minimum atomic E-state index is -0.465. The molecular weight excluding hydrogens is 342 g/mol. The minimum absolute atomic E-state index is 0.00977. The molecule has 2 aromatic carbocycles. The highest BCUT2D eigenvalue weighted by Gasteiger charge is 2.35. The average molecular weight is 365 g/mol. The van der Waals surface area contributed by atoms with Crippen LogP contribution < -0.4 is 0 Å². The number of nitrogens with zero attached hydrogens (tertiary/aromatic N) is 1. The lowest BCUT2D eigenvalue weighted by Gasteiger charge is -2.24. The summed E-state index contributed by atoms with van der Waals surface area (Å²) in [6, 6.07) is 15.9. The zero-order valence-corrected chi connectivity index (χ0v) is 15.1. The molecule has 140 valence electrons. The van der Waals surface area contributed by atoms with Gasteiger partial charge in [-0.2, -0.15) is 0 Å². The molecule has 0 bridgehead atoms. The van der Waals surface area contributed by atoms with Crippen LogP contribution in [0.15, 0.2) is 48.5 Å². The third kappa shape index (κ3) is 3.23. The Balaban J connectivity index is 1.49. The van der Waals surface area contributed by atoms with Crippen LogP contribution in [-0.2, 0) is 9.53 Å². The quantitative estimate of drug-likeness (QED) is 0.882. The van der Waals surface area contributed by atoms with E-state index in [0.29, 0.717) is 13.0 Å². The highest BCUT2D eigenvalue weighted by molar-refractivity contribution is 5.88. The van der Waals surface area contributed by atoms with Crippen molar-refractivity contribution in [3.05, 3.63) is 59.7 Å². The molecule has 0 unspecified atom stereocenters. The lowest BCUT2D eigenvalue weighted by molar-refractivity contribution is -0.123. The molecule has 5 heteroatoms. The van der Waals surface area contributed by atoms with Gasteiger partial charge in [-0.05, 0) is 35.1 Å². The van der Waals surface area contributed by atoms with E-state index < -0.39 is 12.1 Å². The second kappa shape index (κ2) is 7.53. The van der Waals surface area contributed by atoms with Crippen molar-refractivity contribution < 1.29 is 19.4 Å². The van der Waals surface area contributed by atoms with Crippen LogP contribution in [0.5, 0.6) is 0 Å². The number of amides is 1. The van der Waals surface area contributed by atoms with Gasteiger partial charge >= 0.3 is 6.09 Å². The van der Waals surface area contributed by atoms with E-state index in [4.69, 9.17) is 9.84 Å². The standard InChI is InChI=1S/C22H23NO4/c24-13-11-21(25)20-10-5-12-23(20)22(26)27-14-19-17-8-3-1-6-15(17)16-7-2-4-9-18(16)19/h1-4,6-9,19-20,24H,5,10-14H2/t20-/m0/s1. The molecule has 1 fully saturated rings. The first-order valence-electron chi connectivity index (χ1n) is 9.46. The number of hydrogen-bond donors (Lipinski definition) is 1. The van der Waals surface area contributed by atoms with Crippen molar-refractivity contribution in [3.8, 4) is 11.1 Å². The Hall–Kier alpha value is -2.66. The zero-order valence-electron chi connectivity index (χ0n) is 15.1. The number of fused-ring (bicyclic) bond motifs is 3. The number of carbonyl (C=O) groups is 2. The van der Waals surface area contributed by atoms with Gasteiger partial charge in [-0.15, -0.1) is 0 Å². The molecule has 4 rings (SSSR count). The van der Waals surface area contributed by atoms with Crippen molar-refractivity contribution >= 4 is 11.9 Å². The van der Waals surface area contributed by atoms with Crippen molar-refractivity contribution in [2.75, 3.05) is 19.8 Å². The number of ether oxygens (including phenoxy) is 1. The lowest BCUT2D eigenvalue weighted by atomic mass is 9.98. The summed E-state index contributed by atoms with van der Waals surface area (Å²) < 4.78 is 5.65. The Kier molecular flexibility index (Phi) is 4.94. The fourth-order valence-corrected chi connectivity index (χ4v) is 4.27. The highest BCUT2D eigenvalue weighted by Crippen LogP contribution is 2.44. The number of aliphatic hydroxyl groups is 1. The predicted octanol–water partition coefficient (Wildman–Crippen LogP) is 3.35. The molecule has 1 aliphatic heterocycles. The number of rotatable bonds is 5. The number of aliphatic hydroxyl groups excluding tert-OH is 1. The smallest absolute Gasteiger partial charge is 0.410 e. The van der Waals surface area contributed by atoms with Crippen molar-refractivity contribution in [2.24, 2.45) is 0 Å². The maximum absolute atomic E-state index is 12.6. The van der Waals surface area contributed by atoms with Crippen LogP contribution >= 0.6 is 0 Å². The van der Waals surface area contributed by atoms with E-state index in [1.54, 1.807) is 0 Å². The van der Waals surface area contributed by atoms with Crippen molar-refractivity contribution in [2.45, 2.75) is 31.2 Å². The van der Waals surface area contributed by atoms with Crippen molar-refractivity contribution in [1.29, 1.82) is 0 Å². The second-order valence-electron chi connectivity index (χ2n) is 7.10. The van der Waals surface area contributed by atoms with E-state index in [2.05, 4.69) is 24.3 Å². The summed E-state index contributed by atoms with van der Waals surface area (Å²) in [6.45, 7) is 0.594. The number of carbonyl (C=O) groups excluding carboxylic acids is 2. The van der Waals surface area contributed by atoms with Crippen LogP contribution in [0.1, 0.15) is 36.3 Å². The summed E-state index contributed by atoms with van der Waals surface area (Å²) in [5, 5.41) is 9.00. The summed E-state index contributed by atoms with van der Waals surface area (Å²) >= 11 is 0. The summed E-state index contributed by atoms with van der Waals surface area (Å²) in [5.74, 6) is -0.0842. The molecule has 0 radical (unpaired) electrons. The fraction of sp³-hybridized carbons (Fsp3) is 0.364. The SMILES string of the molecule is O=C(CCO)[C@@H]1CCCN1C(=O)OCC1c2ccccc2-c2ccccc21. The van der Waals surface area contributed by atoms with Crippen molar-refractivity contribution in [3.63, 3.8) is 0 Å². The molecule has 1 atom stereocenters. The molecule has 0 aromatic heterocycles. The predicted molar refractivity (Wildman–Crippen MR) is 102 cm³/mol. The summed E-state index contributed by atoms with van der Waals surface area (Å²) in [4.78, 5) is 26.3. The van der Waals surface area contributed by atoms with Gasteiger partial charge in [0.1, 0.15) is 6.61 Å². The van der Waals surface area contributed by atoms with Gasteiger partial charge in [0.15, 0.2) is 5.78 Å². The zero-order chi connectivity index (χ0) is 18.8. The Morgan fingerprint density at radius 3 is 2.30 bits per heavy atom. The molecule has 0 spiro atoms. The number of ketones is 1. The summed E-state index contributed by atoms with van der Waals surface area (Å²) in [5.41, 5.74) is 4.71. The molecule has 2 aromatic rings. The monoisotopic (exact) mass is 365 g/mol. The Bertz CT molecular complexity index is 817. The van der Waals surface area contributed by atoms with Crippen LogP contribution in [-0.4, -0.2) is 47.7 Å². The normalized spacial score (nSPS) is 18.3. The van der Waals surface area contributed by atoms with Gasteiger partial charge in [0.2, 0.25) is 0 Å². The van der Waals surface area contributed by atoms with Crippen LogP contribution in [0, 0.1) is 0 Å². The van der Waals surface area contributed by atoms with Gasteiger partial charge in [-0.1, -0.05) is 48.5 Å². The van der Waals surface area contributed by atoms with Gasteiger partial charge in [-0.25, -0.2) is 4.79 Å². The van der Waals surface area contributed by atoms with Gasteiger partial charge < -0.3 is 9.84 Å². The Labute approximate surface area is 158 Å². The van der Waals surface area contributed by atoms with E-state index in [1.807, 2.05) is 24.3 Å². The molecule has 5 nitrogen and oxygen atoms in total. The van der Waals surface area contributed by atoms with Crippen LogP contribution in [0.4, 0.5) is 4.79 Å². The van der Waals surface area contributed by atoms with Gasteiger partial charge in [0, 0.05) is 18.9 Å². The minimum Gasteiger partial charge on any atom is -0.448 e. The largest absolute Gasteiger partial charge is 0.448 e. The molecular formula is C22H23NO4. The maximum atomic E-state index is 12.6. The highest BCUT2D eigenvalue weighted by atomic mass is 16.6. The van der Waals surface area contributed by atoms with E-state index in [0.717, 1.165) is 6.42 Å². The molecule has 1 amide bonds. The summed E-state index contributed by atoms with van der Waals surface area (Å²) in [7, 11) is 0. The third-order valence-electron chi connectivity index (χ3n) is 5.55. The molecule has 27 heavy (non-hydrogen) atoms. The fourth-order valence-electron chi connectivity index (χ4n) is 4.27. The molecule has 1 N–H and O–H groups in total. The molecule has 1 aliphatic carbocycles. The second-order valence-corrected chi connectivity index (χ2v) is 7.10. The topological polar surface area (TPSA) is 66.8 Å². The first-order valence-corrected chi connectivity index (χ1v) is 9.46. The first-order chi connectivity index (χ1) is 13.2. The van der Waals surface area contributed by atoms with E-state index in [-0.39, 0.29) is 31.3 Å². The number of benzene rings is 2. The van der Waals surface area contributed by atoms with Gasteiger partial charge in [0.05, 0.1) is 12.6 Å². The molecule has 1 saturated heterocycles. The Morgan fingerprint density at radius 2 is 1.67 bits per heavy atom. The van der Waals surface area contributed by atoms with Crippen LogP contribution in [0.3, 0.4) is 0 Å². The van der Waals surface area contributed by atoms with Crippen molar-refractivity contribution in [1.82, 2.24) is 4.90 Å². The van der Waals surface area contributed by atoms with E-state index in [1.165, 1.54) is 27.2 Å². The first kappa shape index (κ1) is 17.7. The van der Waals surface area contributed by atoms with E-state index >= 15 is 0 Å². The lowest BCUT2D eigenvalue weighted by Crippen LogP contribution is -2.41. The third-order valence-corrected chi connectivity index (χ3v) is 5.55.